The number of aromatic carboxylic acids is 1. The van der Waals surface area contributed by atoms with Gasteiger partial charge in [-0.1, -0.05) is 6.58 Å². The van der Waals surface area contributed by atoms with E-state index in [2.05, 4.69) is 11.3 Å². The molecule has 1 aromatic rings. The van der Waals surface area contributed by atoms with E-state index in [1.165, 1.54) is 0 Å². The summed E-state index contributed by atoms with van der Waals surface area (Å²) >= 11 is 0. The summed E-state index contributed by atoms with van der Waals surface area (Å²) in [5.41, 5.74) is -1.14. The van der Waals surface area contributed by atoms with Gasteiger partial charge >= 0.3 is 47.5 Å². The van der Waals surface area contributed by atoms with E-state index < -0.39 is 44.0 Å². The fourth-order valence-corrected chi connectivity index (χ4v) is 1.94. The minimum Gasteiger partial charge on any atom is -0.744 e. The van der Waals surface area contributed by atoms with Crippen molar-refractivity contribution in [3.63, 3.8) is 0 Å². The molecular formula is C13H11NaO9S. The third kappa shape index (κ3) is 6.42. The summed E-state index contributed by atoms with van der Waals surface area (Å²) in [6.07, 6.45) is 0.909. The molecule has 0 radical (unpaired) electrons. The second kappa shape index (κ2) is 9.55. The molecule has 0 aliphatic heterocycles. The summed E-state index contributed by atoms with van der Waals surface area (Å²) in [6.45, 7) is 2.54. The maximum Gasteiger partial charge on any atom is 1.00 e. The zero-order chi connectivity index (χ0) is 17.6. The first-order chi connectivity index (χ1) is 10.7. The minimum atomic E-state index is -4.87. The normalized spacial score (nSPS) is 10.2. The second-order valence-corrected chi connectivity index (χ2v) is 5.35. The van der Waals surface area contributed by atoms with Gasteiger partial charge in [-0.2, -0.15) is 0 Å². The van der Waals surface area contributed by atoms with Crippen molar-refractivity contribution in [1.82, 2.24) is 0 Å². The Labute approximate surface area is 159 Å². The molecule has 0 aromatic heterocycles. The number of hydrogen-bond donors (Lipinski definition) is 1. The minimum absolute atomic E-state index is 0. The topological polar surface area (TPSA) is 147 Å². The molecule has 9 nitrogen and oxygen atoms in total. The van der Waals surface area contributed by atoms with Gasteiger partial charge in [0, 0.05) is 6.08 Å². The molecule has 0 atom stereocenters. The first-order valence-electron chi connectivity index (χ1n) is 5.96. The van der Waals surface area contributed by atoms with Crippen molar-refractivity contribution in [2.75, 3.05) is 13.2 Å². The van der Waals surface area contributed by atoms with Gasteiger partial charge < -0.3 is 19.1 Å². The average Bonchev–Trinajstić information content (AvgIpc) is 2.49. The summed E-state index contributed by atoms with van der Waals surface area (Å²) in [5, 5.41) is 9.00. The molecule has 1 N–H and O–H groups in total. The van der Waals surface area contributed by atoms with Crippen molar-refractivity contribution in [1.29, 1.82) is 0 Å². The zero-order valence-electron chi connectivity index (χ0n) is 12.6. The Balaban J connectivity index is 0.00000529. The van der Waals surface area contributed by atoms with Gasteiger partial charge in [-0.25, -0.2) is 22.8 Å². The number of hydrogen-bond acceptors (Lipinski definition) is 8. The van der Waals surface area contributed by atoms with Gasteiger partial charge in [0.05, 0.1) is 16.0 Å². The van der Waals surface area contributed by atoms with Gasteiger partial charge in [0.2, 0.25) is 0 Å². The van der Waals surface area contributed by atoms with Crippen molar-refractivity contribution < 1.29 is 71.5 Å². The Morgan fingerprint density at radius 1 is 1.17 bits per heavy atom. The van der Waals surface area contributed by atoms with Gasteiger partial charge in [0.15, 0.2) is 0 Å². The largest absolute Gasteiger partial charge is 1.00 e. The molecule has 0 aliphatic carbocycles. The van der Waals surface area contributed by atoms with Gasteiger partial charge in [-0.3, -0.25) is 0 Å². The Morgan fingerprint density at radius 2 is 1.75 bits per heavy atom. The standard InChI is InChI=1S/C13H12O9S.Na/c1-2-11(14)21-5-6-22-13(17)9-4-3-8(23(18,19)20)7-10(9)12(15)16;/h2-4,7H,1,5-6H2,(H,15,16)(H,18,19,20);/q;+1/p-1. The molecule has 1 aromatic carbocycles. The summed E-state index contributed by atoms with van der Waals surface area (Å²) in [6, 6.07) is 2.22. The van der Waals surface area contributed by atoms with E-state index in [-0.39, 0.29) is 42.8 Å². The SMILES string of the molecule is C=CC(=O)OCCOC(=O)c1ccc(S(=O)(=O)[O-])cc1C(=O)O.[Na+]. The van der Waals surface area contributed by atoms with Crippen LogP contribution in [-0.2, 0) is 24.4 Å². The maximum atomic E-state index is 11.8. The number of ether oxygens (including phenoxy) is 2. The molecule has 0 amide bonds. The molecule has 124 valence electrons. The van der Waals surface area contributed by atoms with E-state index in [0.717, 1.165) is 18.2 Å². The molecule has 0 heterocycles. The summed E-state index contributed by atoms with van der Waals surface area (Å²) in [5.74, 6) is -3.41. The molecule has 11 heteroatoms. The third-order valence-electron chi connectivity index (χ3n) is 2.46. The van der Waals surface area contributed by atoms with Gasteiger partial charge in [0.1, 0.15) is 23.3 Å². The van der Waals surface area contributed by atoms with Crippen LogP contribution in [0.2, 0.25) is 0 Å². The van der Waals surface area contributed by atoms with Crippen LogP contribution >= 0.6 is 0 Å². The van der Waals surface area contributed by atoms with Crippen LogP contribution in [0.1, 0.15) is 20.7 Å². The van der Waals surface area contributed by atoms with Crippen molar-refractivity contribution >= 4 is 28.0 Å². The zero-order valence-corrected chi connectivity index (χ0v) is 15.4. The van der Waals surface area contributed by atoms with Crippen molar-refractivity contribution in [3.05, 3.63) is 42.0 Å². The van der Waals surface area contributed by atoms with E-state index in [0.29, 0.717) is 6.07 Å². The van der Waals surface area contributed by atoms with Crippen molar-refractivity contribution in [3.8, 4) is 0 Å². The fraction of sp³-hybridized carbons (Fsp3) is 0.154. The van der Waals surface area contributed by atoms with Crippen LogP contribution in [0.5, 0.6) is 0 Å². The average molecular weight is 366 g/mol. The molecule has 0 fully saturated rings. The monoisotopic (exact) mass is 366 g/mol. The van der Waals surface area contributed by atoms with E-state index in [1.807, 2.05) is 0 Å². The number of carbonyl (C=O) groups is 3. The van der Waals surface area contributed by atoms with Crippen molar-refractivity contribution in [2.45, 2.75) is 4.90 Å². The van der Waals surface area contributed by atoms with Crippen LogP contribution in [0.3, 0.4) is 0 Å². The number of rotatable bonds is 7. The number of carboxylic acid groups (broad SMARTS) is 1. The first kappa shape index (κ1) is 22.3. The van der Waals surface area contributed by atoms with Crippen LogP contribution in [0.15, 0.2) is 35.7 Å². The van der Waals surface area contributed by atoms with Crippen LogP contribution in [-0.4, -0.2) is 49.2 Å². The molecule has 0 spiro atoms. The third-order valence-corrected chi connectivity index (χ3v) is 3.29. The molecule has 0 unspecified atom stereocenters. The molecular weight excluding hydrogens is 355 g/mol. The molecule has 0 aliphatic rings. The van der Waals surface area contributed by atoms with Crippen LogP contribution in [0.25, 0.3) is 0 Å². The number of esters is 2. The Morgan fingerprint density at radius 3 is 2.25 bits per heavy atom. The van der Waals surface area contributed by atoms with Crippen molar-refractivity contribution in [2.24, 2.45) is 0 Å². The van der Waals surface area contributed by atoms with Crippen LogP contribution in [0.4, 0.5) is 0 Å². The second-order valence-electron chi connectivity index (χ2n) is 3.97. The maximum absolute atomic E-state index is 11.8. The Kier molecular flexibility index (Phi) is 8.86. The van der Waals surface area contributed by atoms with Crippen LogP contribution < -0.4 is 29.6 Å². The molecule has 0 saturated carbocycles. The number of carboxylic acids is 1. The van der Waals surface area contributed by atoms with Crippen LogP contribution in [0, 0.1) is 0 Å². The molecule has 1 rings (SSSR count). The molecule has 24 heavy (non-hydrogen) atoms. The summed E-state index contributed by atoms with van der Waals surface area (Å²) in [7, 11) is -4.87. The first-order valence-corrected chi connectivity index (χ1v) is 7.37. The smallest absolute Gasteiger partial charge is 0.744 e. The van der Waals surface area contributed by atoms with Gasteiger partial charge in [-0.15, -0.1) is 0 Å². The van der Waals surface area contributed by atoms with E-state index >= 15 is 0 Å². The summed E-state index contributed by atoms with van der Waals surface area (Å²) < 4.78 is 41.9. The summed E-state index contributed by atoms with van der Waals surface area (Å²) in [4.78, 5) is 32.8. The Bertz CT molecular complexity index is 755. The number of benzene rings is 1. The fourth-order valence-electron chi connectivity index (χ4n) is 1.45. The Hall–Kier alpha value is -1.72. The number of carbonyl (C=O) groups excluding carboxylic acids is 2. The van der Waals surface area contributed by atoms with E-state index in [1.54, 1.807) is 0 Å². The van der Waals surface area contributed by atoms with E-state index in [4.69, 9.17) is 9.84 Å². The molecule has 0 bridgehead atoms. The van der Waals surface area contributed by atoms with E-state index in [9.17, 15) is 27.4 Å². The predicted molar refractivity (Wildman–Crippen MR) is 72.8 cm³/mol. The quantitative estimate of drug-likeness (QED) is 0.177. The van der Waals surface area contributed by atoms with Gasteiger partial charge in [0.25, 0.3) is 0 Å². The van der Waals surface area contributed by atoms with Gasteiger partial charge in [-0.05, 0) is 18.2 Å². The predicted octanol–water partition coefficient (Wildman–Crippen LogP) is -2.82. The molecule has 0 saturated heterocycles.